The predicted molar refractivity (Wildman–Crippen MR) is 124 cm³/mol. The van der Waals surface area contributed by atoms with Crippen molar-refractivity contribution in [2.45, 2.75) is 44.4 Å². The van der Waals surface area contributed by atoms with Crippen molar-refractivity contribution >= 4 is 16.8 Å². The lowest BCUT2D eigenvalue weighted by molar-refractivity contribution is 0.312. The molecule has 0 heterocycles. The van der Waals surface area contributed by atoms with Gasteiger partial charge in [-0.25, -0.2) is 4.39 Å². The van der Waals surface area contributed by atoms with E-state index in [1.165, 1.54) is 43.7 Å². The first-order valence-electron chi connectivity index (χ1n) is 11.0. The van der Waals surface area contributed by atoms with Crippen LogP contribution in [-0.4, -0.2) is 0 Å². The van der Waals surface area contributed by atoms with Crippen molar-refractivity contribution in [1.29, 1.82) is 0 Å². The molecule has 1 saturated carbocycles. The highest BCUT2D eigenvalue weighted by Gasteiger charge is 2.21. The molecule has 0 atom stereocenters. The Bertz CT molecular complexity index is 1080. The smallest absolute Gasteiger partial charge is 0.206 e. The van der Waals surface area contributed by atoms with E-state index >= 15 is 0 Å². The van der Waals surface area contributed by atoms with Crippen LogP contribution < -0.4 is 0 Å². The van der Waals surface area contributed by atoms with Crippen molar-refractivity contribution in [1.82, 2.24) is 0 Å². The quantitative estimate of drug-likeness (QED) is 0.349. The minimum Gasteiger partial charge on any atom is -0.206 e. The molecule has 0 spiro atoms. The van der Waals surface area contributed by atoms with Crippen LogP contribution in [0.1, 0.15) is 55.6 Å². The van der Waals surface area contributed by atoms with Crippen molar-refractivity contribution in [3.8, 4) is 11.1 Å². The van der Waals surface area contributed by atoms with Crippen molar-refractivity contribution in [2.24, 2.45) is 5.92 Å². The second-order valence-electron chi connectivity index (χ2n) is 8.54. The van der Waals surface area contributed by atoms with Gasteiger partial charge in [0.15, 0.2) is 0 Å². The summed E-state index contributed by atoms with van der Waals surface area (Å²) in [4.78, 5) is 0. The first-order chi connectivity index (χ1) is 15.0. The summed E-state index contributed by atoms with van der Waals surface area (Å²) in [6.45, 7) is 3.83. The highest BCUT2D eigenvalue weighted by Crippen LogP contribution is 2.38. The molecule has 0 unspecified atom stereocenters. The molecule has 0 radical (unpaired) electrons. The monoisotopic (exact) mass is 420 g/mol. The average Bonchev–Trinajstić information content (AvgIpc) is 2.79. The molecule has 0 N–H and O–H groups in total. The van der Waals surface area contributed by atoms with Gasteiger partial charge >= 0.3 is 0 Å². The number of rotatable bonds is 6. The molecule has 31 heavy (non-hydrogen) atoms. The van der Waals surface area contributed by atoms with Crippen LogP contribution >= 0.6 is 0 Å². The maximum absolute atomic E-state index is 14.5. The van der Waals surface area contributed by atoms with Gasteiger partial charge < -0.3 is 0 Å². The Hall–Kier alpha value is -2.81. The van der Waals surface area contributed by atoms with Gasteiger partial charge in [-0.3, -0.25) is 0 Å². The topological polar surface area (TPSA) is 0 Å². The van der Waals surface area contributed by atoms with Crippen LogP contribution in [0.5, 0.6) is 0 Å². The summed E-state index contributed by atoms with van der Waals surface area (Å²) in [7, 11) is 0. The Morgan fingerprint density at radius 2 is 1.61 bits per heavy atom. The number of allylic oxidation sites excluding steroid dienone is 1. The third-order valence-corrected chi connectivity index (χ3v) is 6.59. The molecule has 3 aromatic rings. The Morgan fingerprint density at radius 1 is 0.903 bits per heavy atom. The van der Waals surface area contributed by atoms with E-state index in [4.69, 9.17) is 0 Å². The van der Waals surface area contributed by atoms with E-state index in [1.807, 2.05) is 18.2 Å². The van der Waals surface area contributed by atoms with Crippen LogP contribution in [0.15, 0.2) is 73.3 Å². The molecule has 160 valence electrons. The lowest BCUT2D eigenvalue weighted by Crippen LogP contribution is -2.13. The second kappa shape index (κ2) is 9.55. The molecule has 0 bridgehead atoms. The molecule has 0 aliphatic heterocycles. The first kappa shape index (κ1) is 21.4. The lowest BCUT2D eigenvalue weighted by Gasteiger charge is -2.28. The van der Waals surface area contributed by atoms with Crippen LogP contribution in [0.25, 0.3) is 28.0 Å². The Balaban J connectivity index is 1.50. The summed E-state index contributed by atoms with van der Waals surface area (Å²) in [6, 6.07) is 17.2. The fourth-order valence-corrected chi connectivity index (χ4v) is 4.80. The van der Waals surface area contributed by atoms with E-state index in [-0.39, 0.29) is 5.56 Å². The predicted octanol–water partition coefficient (Wildman–Crippen LogP) is 9.12. The van der Waals surface area contributed by atoms with Crippen molar-refractivity contribution in [3.63, 3.8) is 0 Å². The molecule has 1 aliphatic rings. The molecule has 3 aromatic carbocycles. The zero-order chi connectivity index (χ0) is 21.8. The minimum absolute atomic E-state index is 0.0937. The highest BCUT2D eigenvalue weighted by molar-refractivity contribution is 5.89. The van der Waals surface area contributed by atoms with Gasteiger partial charge in [0, 0.05) is 17.0 Å². The molecule has 0 nitrogen and oxygen atoms in total. The fraction of sp³-hybridized carbons (Fsp3) is 0.286. The number of halogens is 3. The Morgan fingerprint density at radius 3 is 2.29 bits per heavy atom. The molecule has 0 aromatic heterocycles. The third kappa shape index (κ3) is 4.92. The molecule has 1 fully saturated rings. The summed E-state index contributed by atoms with van der Waals surface area (Å²) in [5.74, 6) is 0.849. The first-order valence-corrected chi connectivity index (χ1v) is 11.0. The fourth-order valence-electron chi connectivity index (χ4n) is 4.80. The van der Waals surface area contributed by atoms with E-state index in [1.54, 1.807) is 12.1 Å². The molecule has 4 rings (SSSR count). The number of hydrogen-bond acceptors (Lipinski definition) is 0. The molecule has 0 amide bonds. The standard InChI is InChI=1S/C28H27F3/c1-2-3-4-19-5-7-20(8-6-19)21-9-11-22(12-10-21)23-15-16-26-24(17-23)13-14-25(28(26)31)18-27(29)30/h2,9-20H,1,3-8H2. The average molecular weight is 421 g/mol. The zero-order valence-corrected chi connectivity index (χ0v) is 17.6. The summed E-state index contributed by atoms with van der Waals surface area (Å²) < 4.78 is 39.6. The van der Waals surface area contributed by atoms with E-state index in [9.17, 15) is 13.2 Å². The van der Waals surface area contributed by atoms with Crippen molar-refractivity contribution in [3.05, 3.63) is 90.3 Å². The van der Waals surface area contributed by atoms with Gasteiger partial charge in [-0.1, -0.05) is 54.6 Å². The van der Waals surface area contributed by atoms with Crippen LogP contribution in [0.4, 0.5) is 13.2 Å². The van der Waals surface area contributed by atoms with Gasteiger partial charge in [0.2, 0.25) is 0 Å². The van der Waals surface area contributed by atoms with Gasteiger partial charge in [0.1, 0.15) is 5.82 Å². The number of benzene rings is 3. The van der Waals surface area contributed by atoms with Gasteiger partial charge in [-0.15, -0.1) is 6.58 Å². The van der Waals surface area contributed by atoms with Gasteiger partial charge in [-0.2, -0.15) is 8.78 Å². The van der Waals surface area contributed by atoms with Gasteiger partial charge in [0.05, 0.1) is 0 Å². The van der Waals surface area contributed by atoms with Crippen LogP contribution in [0.3, 0.4) is 0 Å². The maximum atomic E-state index is 14.5. The summed E-state index contributed by atoms with van der Waals surface area (Å²) in [6.07, 6.45) is 8.13. The molecular weight excluding hydrogens is 393 g/mol. The lowest BCUT2D eigenvalue weighted by atomic mass is 9.77. The number of fused-ring (bicyclic) bond motifs is 1. The third-order valence-electron chi connectivity index (χ3n) is 6.59. The second-order valence-corrected chi connectivity index (χ2v) is 8.54. The zero-order valence-electron chi connectivity index (χ0n) is 17.6. The van der Waals surface area contributed by atoms with E-state index in [2.05, 4.69) is 30.8 Å². The molecule has 3 heteroatoms. The summed E-state index contributed by atoms with van der Waals surface area (Å²) in [5, 5.41) is 1.05. The Kier molecular flexibility index (Phi) is 6.60. The van der Waals surface area contributed by atoms with Gasteiger partial charge in [-0.05, 0) is 78.5 Å². The minimum atomic E-state index is -1.90. The summed E-state index contributed by atoms with van der Waals surface area (Å²) >= 11 is 0. The van der Waals surface area contributed by atoms with Crippen LogP contribution in [-0.2, 0) is 0 Å². The van der Waals surface area contributed by atoms with Crippen LogP contribution in [0.2, 0.25) is 0 Å². The molecular formula is C28H27F3. The highest BCUT2D eigenvalue weighted by atomic mass is 19.3. The van der Waals surface area contributed by atoms with E-state index < -0.39 is 11.9 Å². The maximum Gasteiger partial charge on any atom is 0.271 e. The van der Waals surface area contributed by atoms with Crippen LogP contribution in [0, 0.1) is 11.7 Å². The van der Waals surface area contributed by atoms with E-state index in [0.717, 1.165) is 23.5 Å². The van der Waals surface area contributed by atoms with Gasteiger partial charge in [0.25, 0.3) is 6.08 Å². The van der Waals surface area contributed by atoms with Crippen molar-refractivity contribution < 1.29 is 13.2 Å². The van der Waals surface area contributed by atoms with E-state index in [0.29, 0.717) is 22.8 Å². The van der Waals surface area contributed by atoms with Crippen molar-refractivity contribution in [2.75, 3.05) is 0 Å². The Labute approximate surface area is 182 Å². The largest absolute Gasteiger partial charge is 0.271 e. The molecule has 0 saturated heterocycles. The summed E-state index contributed by atoms with van der Waals surface area (Å²) in [5.41, 5.74) is 3.36. The normalized spacial score (nSPS) is 18.7. The number of hydrogen-bond donors (Lipinski definition) is 0. The SMILES string of the molecule is C=CCCC1CCC(c2ccc(-c3ccc4c(F)c(C=C(F)F)ccc4c3)cc2)CC1. The molecule has 1 aliphatic carbocycles.